The van der Waals surface area contributed by atoms with E-state index >= 15 is 0 Å². The summed E-state index contributed by atoms with van der Waals surface area (Å²) in [5.74, 6) is 0.238. The van der Waals surface area contributed by atoms with E-state index in [1.165, 1.54) is 17.7 Å². The van der Waals surface area contributed by atoms with Crippen molar-refractivity contribution < 1.29 is 4.79 Å². The van der Waals surface area contributed by atoms with Gasteiger partial charge in [0.05, 0.1) is 6.04 Å². The summed E-state index contributed by atoms with van der Waals surface area (Å²) in [6.45, 7) is 9.73. The average molecular weight is 305 g/mol. The van der Waals surface area contributed by atoms with E-state index in [1.807, 2.05) is 6.07 Å². The van der Waals surface area contributed by atoms with Gasteiger partial charge in [0.2, 0.25) is 5.91 Å². The van der Waals surface area contributed by atoms with Gasteiger partial charge in [0.25, 0.3) is 0 Å². The predicted molar refractivity (Wildman–Crippen MR) is 87.5 cm³/mol. The number of hydrogen-bond donors (Lipinski definition) is 1. The lowest BCUT2D eigenvalue weighted by atomic mass is 9.92. The molecule has 2 saturated heterocycles. The molecule has 0 unspecified atom stereocenters. The number of carbonyl (C=O) groups excluding carboxylic acids is 1. The van der Waals surface area contributed by atoms with Crippen LogP contribution in [0.2, 0.25) is 38.3 Å². The molecular formula is C15H24N2OSi2. The maximum atomic E-state index is 12.3. The van der Waals surface area contributed by atoms with Crippen LogP contribution in [0.5, 0.6) is 0 Å². The summed E-state index contributed by atoms with van der Waals surface area (Å²) in [4.78, 5) is 12.3. The maximum absolute atomic E-state index is 12.3. The third kappa shape index (κ3) is 2.08. The van der Waals surface area contributed by atoms with Gasteiger partial charge in [0.15, 0.2) is 0 Å². The molecule has 2 fully saturated rings. The quantitative estimate of drug-likeness (QED) is 0.673. The van der Waals surface area contributed by atoms with Gasteiger partial charge < -0.3 is 9.55 Å². The number of nitrogens with zero attached hydrogens (tertiary/aromatic N) is 1. The monoisotopic (exact) mass is 304 g/mol. The van der Waals surface area contributed by atoms with Crippen LogP contribution in [-0.4, -0.2) is 32.7 Å². The van der Waals surface area contributed by atoms with Crippen LogP contribution in [0.3, 0.4) is 0 Å². The number of nitrogens with one attached hydrogen (secondary N) is 1. The zero-order valence-electron chi connectivity index (χ0n) is 12.8. The summed E-state index contributed by atoms with van der Waals surface area (Å²) in [6.07, 6.45) is 0. The van der Waals surface area contributed by atoms with Crippen LogP contribution in [0.1, 0.15) is 11.6 Å². The van der Waals surface area contributed by atoms with E-state index in [1.54, 1.807) is 0 Å². The van der Waals surface area contributed by atoms with Gasteiger partial charge in [-0.3, -0.25) is 4.79 Å². The number of carbonyl (C=O) groups is 1. The minimum Gasteiger partial charge on any atom is -0.346 e. The van der Waals surface area contributed by atoms with Crippen molar-refractivity contribution in [1.29, 1.82) is 0 Å². The highest BCUT2D eigenvalue weighted by molar-refractivity contribution is 6.95. The Balaban J connectivity index is 1.94. The Morgan fingerprint density at radius 2 is 1.60 bits per heavy atom. The molecule has 3 rings (SSSR count). The van der Waals surface area contributed by atoms with Crippen LogP contribution in [-0.2, 0) is 4.79 Å². The van der Waals surface area contributed by atoms with Gasteiger partial charge in [-0.05, 0) is 17.7 Å². The normalized spacial score (nSPS) is 31.7. The lowest BCUT2D eigenvalue weighted by Gasteiger charge is -2.52. The summed E-state index contributed by atoms with van der Waals surface area (Å²) in [5.41, 5.74) is 1.25. The molecule has 0 aromatic heterocycles. The van der Waals surface area contributed by atoms with Crippen LogP contribution < -0.4 is 5.32 Å². The minimum absolute atomic E-state index is 0.0863. The van der Waals surface area contributed by atoms with Crippen molar-refractivity contribution in [1.82, 2.24) is 9.55 Å². The highest BCUT2D eigenvalue weighted by Crippen LogP contribution is 2.43. The fourth-order valence-corrected chi connectivity index (χ4v) is 18.6. The number of hydrogen-bond acceptors (Lipinski definition) is 2. The summed E-state index contributed by atoms with van der Waals surface area (Å²) in [5, 5.41) is 3.13. The van der Waals surface area contributed by atoms with Gasteiger partial charge >= 0.3 is 0 Å². The minimum atomic E-state index is -1.42. The molecule has 1 amide bonds. The third-order valence-electron chi connectivity index (χ3n) is 4.97. The number of amides is 1. The Labute approximate surface area is 123 Å². The summed E-state index contributed by atoms with van der Waals surface area (Å²) >= 11 is 0. The molecule has 2 aliphatic heterocycles. The Morgan fingerprint density at radius 3 is 2.10 bits per heavy atom. The average Bonchev–Trinajstić information content (AvgIpc) is 2.60. The highest BCUT2D eigenvalue weighted by Gasteiger charge is 2.57. The molecule has 1 N–H and O–H groups in total. The van der Waals surface area contributed by atoms with Gasteiger partial charge in [-0.25, -0.2) is 0 Å². The van der Waals surface area contributed by atoms with Crippen LogP contribution in [0, 0.1) is 0 Å². The van der Waals surface area contributed by atoms with E-state index in [0.29, 0.717) is 0 Å². The number of rotatable bonds is 2. The van der Waals surface area contributed by atoms with E-state index in [-0.39, 0.29) is 18.0 Å². The maximum Gasteiger partial charge on any atom is 0.239 e. The number of benzene rings is 1. The van der Waals surface area contributed by atoms with E-state index in [2.05, 4.69) is 60.0 Å². The first kappa shape index (κ1) is 14.0. The second-order valence-electron chi connectivity index (χ2n) is 7.34. The van der Waals surface area contributed by atoms with Gasteiger partial charge in [0.1, 0.15) is 22.5 Å². The molecule has 0 saturated carbocycles. The topological polar surface area (TPSA) is 32.3 Å². The summed E-state index contributed by atoms with van der Waals surface area (Å²) in [7, 11) is -2.84. The zero-order chi connectivity index (χ0) is 14.5. The van der Waals surface area contributed by atoms with Gasteiger partial charge in [-0.15, -0.1) is 0 Å². The first-order chi connectivity index (χ1) is 9.33. The van der Waals surface area contributed by atoms with E-state index < -0.39 is 16.5 Å². The van der Waals surface area contributed by atoms with Crippen LogP contribution in [0.4, 0.5) is 0 Å². The molecular weight excluding hydrogens is 280 g/mol. The Kier molecular flexibility index (Phi) is 3.19. The lowest BCUT2D eigenvalue weighted by molar-refractivity contribution is -0.133. The first-order valence-electron chi connectivity index (χ1n) is 7.48. The summed E-state index contributed by atoms with van der Waals surface area (Å²) in [6, 6.07) is 13.4. The summed E-state index contributed by atoms with van der Waals surface area (Å²) < 4.78 is 2.72. The molecule has 5 heteroatoms. The smallest absolute Gasteiger partial charge is 0.239 e. The second-order valence-corrected chi connectivity index (χ2v) is 17.0. The Bertz CT molecular complexity index is 514. The Hall–Kier alpha value is -0.916. The molecule has 0 aliphatic carbocycles. The fraction of sp³-hybridized carbons (Fsp3) is 0.533. The number of β-lactam (4-membered cyclic amide) rings is 1. The molecule has 2 aliphatic rings. The molecule has 1 aromatic rings. The van der Waals surface area contributed by atoms with Crippen molar-refractivity contribution in [2.24, 2.45) is 0 Å². The molecule has 1 aromatic carbocycles. The molecule has 0 bridgehead atoms. The van der Waals surface area contributed by atoms with Crippen LogP contribution in [0.25, 0.3) is 0 Å². The van der Waals surface area contributed by atoms with Crippen molar-refractivity contribution >= 4 is 22.4 Å². The zero-order valence-corrected chi connectivity index (χ0v) is 14.8. The Morgan fingerprint density at radius 1 is 1.05 bits per heavy atom. The molecule has 108 valence electrons. The van der Waals surface area contributed by atoms with Gasteiger partial charge in [-0.2, -0.15) is 0 Å². The standard InChI is InChI=1S/C15H24N2OSi2/c1-19(2)10-11-20(3,4)17(19)14-13(16-15(14)18)12-8-6-5-7-9-12/h5-9,13-14H,10-11H2,1-4H3,(H,16,18)/t13-,14+/m1/s1. The predicted octanol–water partition coefficient (Wildman–Crippen LogP) is 2.95. The highest BCUT2D eigenvalue weighted by atomic mass is 28.4. The first-order valence-corrected chi connectivity index (χ1v) is 13.8. The molecule has 0 spiro atoms. The van der Waals surface area contributed by atoms with Crippen molar-refractivity contribution in [3.05, 3.63) is 35.9 Å². The SMILES string of the molecule is C[Si]1(C)CC[Si](C)(C)N1[C@@H]1C(=O)N[C@@H]1c1ccccc1. The van der Waals surface area contributed by atoms with Crippen molar-refractivity contribution in [2.45, 2.75) is 50.4 Å². The second kappa shape index (κ2) is 4.54. The van der Waals surface area contributed by atoms with Crippen molar-refractivity contribution in [3.8, 4) is 0 Å². The molecule has 2 heterocycles. The molecule has 3 nitrogen and oxygen atoms in total. The van der Waals surface area contributed by atoms with Gasteiger partial charge in [0, 0.05) is 0 Å². The third-order valence-corrected chi connectivity index (χ3v) is 15.2. The molecule has 20 heavy (non-hydrogen) atoms. The van der Waals surface area contributed by atoms with Gasteiger partial charge in [-0.1, -0.05) is 56.5 Å². The van der Waals surface area contributed by atoms with E-state index in [9.17, 15) is 4.79 Å². The molecule has 2 atom stereocenters. The van der Waals surface area contributed by atoms with Crippen molar-refractivity contribution in [3.63, 3.8) is 0 Å². The molecule has 0 radical (unpaired) electrons. The van der Waals surface area contributed by atoms with Crippen LogP contribution in [0.15, 0.2) is 30.3 Å². The van der Waals surface area contributed by atoms with E-state index in [0.717, 1.165) is 0 Å². The largest absolute Gasteiger partial charge is 0.346 e. The lowest BCUT2D eigenvalue weighted by Crippen LogP contribution is -2.72. The van der Waals surface area contributed by atoms with E-state index in [4.69, 9.17) is 0 Å². The fourth-order valence-electron chi connectivity index (χ4n) is 3.99. The van der Waals surface area contributed by atoms with Crippen molar-refractivity contribution in [2.75, 3.05) is 0 Å². The van der Waals surface area contributed by atoms with Crippen LogP contribution >= 0.6 is 0 Å².